The summed E-state index contributed by atoms with van der Waals surface area (Å²) in [7, 11) is 0. The van der Waals surface area contributed by atoms with Gasteiger partial charge in [-0.1, -0.05) is 19.9 Å². The Labute approximate surface area is 86.4 Å². The molecule has 0 saturated carbocycles. The van der Waals surface area contributed by atoms with Gasteiger partial charge in [-0.15, -0.1) is 11.8 Å². The Hall–Kier alpha value is 0.0500. The smallest absolute Gasteiger partial charge is 0.0982 e. The van der Waals surface area contributed by atoms with Crippen LogP contribution < -0.4 is 5.32 Å². The molecule has 1 aliphatic heterocycles. The molecule has 76 valence electrons. The fraction of sp³-hybridized carbons (Fsp3) is 0.818. The molecule has 0 aromatic rings. The third-order valence-corrected chi connectivity index (χ3v) is 4.10. The summed E-state index contributed by atoms with van der Waals surface area (Å²) in [4.78, 5) is 0.268. The first kappa shape index (κ1) is 11.1. The van der Waals surface area contributed by atoms with E-state index >= 15 is 0 Å². The van der Waals surface area contributed by atoms with Gasteiger partial charge < -0.3 is 0 Å². The van der Waals surface area contributed by atoms with Gasteiger partial charge in [0.25, 0.3) is 0 Å². The third-order valence-electron chi connectivity index (χ3n) is 2.48. The van der Waals surface area contributed by atoms with Crippen LogP contribution in [0.15, 0.2) is 11.6 Å². The van der Waals surface area contributed by atoms with Gasteiger partial charge in [-0.3, -0.25) is 5.32 Å². The molecule has 1 heterocycles. The Morgan fingerprint density at radius 1 is 1.62 bits per heavy atom. The van der Waals surface area contributed by atoms with Crippen LogP contribution in [-0.2, 0) is 0 Å². The lowest BCUT2D eigenvalue weighted by molar-refractivity contribution is 0.508. The van der Waals surface area contributed by atoms with E-state index in [-0.39, 0.29) is 4.87 Å². The minimum atomic E-state index is 0.268. The molecule has 1 aliphatic rings. The molecule has 1 saturated heterocycles. The molecule has 0 aliphatic carbocycles. The van der Waals surface area contributed by atoms with Crippen LogP contribution in [0.25, 0.3) is 0 Å². The number of nitrogens with one attached hydrogen (secondary N) is 1. The highest BCUT2D eigenvalue weighted by Crippen LogP contribution is 2.55. The second kappa shape index (κ2) is 4.05. The summed E-state index contributed by atoms with van der Waals surface area (Å²) in [6, 6.07) is 0.567. The molecule has 2 atom stereocenters. The molecule has 1 fully saturated rings. The van der Waals surface area contributed by atoms with Crippen molar-refractivity contribution in [3.8, 4) is 0 Å². The Balaban J connectivity index is 2.66. The molecular weight excluding hydrogens is 178 g/mol. The Morgan fingerprint density at radius 2 is 2.15 bits per heavy atom. The first-order valence-electron chi connectivity index (χ1n) is 5.15. The zero-order valence-electron chi connectivity index (χ0n) is 9.35. The topological polar surface area (TPSA) is 12.0 Å². The number of allylic oxidation sites excluding steroid dienone is 1. The van der Waals surface area contributed by atoms with E-state index in [9.17, 15) is 0 Å². The van der Waals surface area contributed by atoms with Crippen LogP contribution in [0.3, 0.4) is 0 Å². The van der Waals surface area contributed by atoms with Crippen LogP contribution >= 0.6 is 11.8 Å². The Bertz CT molecular complexity index is 210. The third kappa shape index (κ3) is 2.29. The summed E-state index contributed by atoms with van der Waals surface area (Å²) >= 11 is 2.04. The zero-order chi connectivity index (χ0) is 10.1. The number of hydrogen-bond acceptors (Lipinski definition) is 2. The largest absolute Gasteiger partial charge is 0.296 e. The molecule has 0 amide bonds. The van der Waals surface area contributed by atoms with Crippen molar-refractivity contribution in [3.63, 3.8) is 0 Å². The summed E-state index contributed by atoms with van der Waals surface area (Å²) in [5.41, 5.74) is 1.50. The number of hydrogen-bond donors (Lipinski definition) is 1. The molecular formula is C11H21NS. The molecule has 2 heteroatoms. The standard InChI is InChI=1S/C11H21NS/c1-6-7-9(4)11(10(5)13-11)12-8(2)3/h7-8,10,12H,6H2,1-5H3/b9-7-. The van der Waals surface area contributed by atoms with Crippen molar-refractivity contribution in [3.05, 3.63) is 11.6 Å². The molecule has 0 radical (unpaired) electrons. The van der Waals surface area contributed by atoms with Crippen LogP contribution in [0.4, 0.5) is 0 Å². The second-order valence-corrected chi connectivity index (χ2v) is 5.68. The molecule has 1 nitrogen and oxygen atoms in total. The van der Waals surface area contributed by atoms with Crippen molar-refractivity contribution >= 4 is 11.8 Å². The van der Waals surface area contributed by atoms with Crippen molar-refractivity contribution in [2.24, 2.45) is 0 Å². The van der Waals surface area contributed by atoms with Gasteiger partial charge in [0, 0.05) is 11.3 Å². The van der Waals surface area contributed by atoms with Crippen LogP contribution in [0.2, 0.25) is 0 Å². The second-order valence-electron chi connectivity index (χ2n) is 4.09. The van der Waals surface area contributed by atoms with Crippen molar-refractivity contribution in [2.45, 2.75) is 57.2 Å². The lowest BCUT2D eigenvalue weighted by atomic mass is 10.0. The lowest BCUT2D eigenvalue weighted by Crippen LogP contribution is -2.39. The van der Waals surface area contributed by atoms with E-state index in [1.807, 2.05) is 11.8 Å². The van der Waals surface area contributed by atoms with E-state index in [2.05, 4.69) is 46.0 Å². The summed E-state index contributed by atoms with van der Waals surface area (Å²) in [5, 5.41) is 4.39. The van der Waals surface area contributed by atoms with Crippen molar-refractivity contribution < 1.29 is 0 Å². The maximum Gasteiger partial charge on any atom is 0.0982 e. The fourth-order valence-corrected chi connectivity index (χ4v) is 3.13. The van der Waals surface area contributed by atoms with Gasteiger partial charge >= 0.3 is 0 Å². The summed E-state index contributed by atoms with van der Waals surface area (Å²) < 4.78 is 0. The number of thioether (sulfide) groups is 1. The average molecular weight is 199 g/mol. The van der Waals surface area contributed by atoms with Gasteiger partial charge in [0.05, 0.1) is 4.87 Å². The van der Waals surface area contributed by atoms with Crippen LogP contribution in [0.1, 0.15) is 41.0 Å². The molecule has 1 N–H and O–H groups in total. The van der Waals surface area contributed by atoms with E-state index in [1.165, 1.54) is 5.57 Å². The van der Waals surface area contributed by atoms with Gasteiger partial charge in [-0.2, -0.15) is 0 Å². The first-order valence-corrected chi connectivity index (χ1v) is 6.03. The Morgan fingerprint density at radius 3 is 2.46 bits per heavy atom. The highest BCUT2D eigenvalue weighted by atomic mass is 32.2. The number of rotatable bonds is 4. The van der Waals surface area contributed by atoms with Gasteiger partial charge in [0.15, 0.2) is 0 Å². The fourth-order valence-electron chi connectivity index (χ4n) is 1.81. The monoisotopic (exact) mass is 199 g/mol. The minimum Gasteiger partial charge on any atom is -0.296 e. The maximum absolute atomic E-state index is 3.66. The minimum absolute atomic E-state index is 0.268. The predicted octanol–water partition coefficient (Wildman–Crippen LogP) is 3.17. The normalized spacial score (nSPS) is 34.0. The van der Waals surface area contributed by atoms with E-state index in [0.29, 0.717) is 6.04 Å². The zero-order valence-corrected chi connectivity index (χ0v) is 10.2. The predicted molar refractivity (Wildman–Crippen MR) is 62.1 cm³/mol. The van der Waals surface area contributed by atoms with Crippen molar-refractivity contribution in [2.75, 3.05) is 0 Å². The molecule has 1 rings (SSSR count). The van der Waals surface area contributed by atoms with Crippen molar-refractivity contribution in [1.29, 1.82) is 0 Å². The first-order chi connectivity index (χ1) is 6.03. The summed E-state index contributed by atoms with van der Waals surface area (Å²) in [6.07, 6.45) is 3.48. The highest BCUT2D eigenvalue weighted by Gasteiger charge is 2.53. The molecule has 0 aromatic heterocycles. The highest BCUT2D eigenvalue weighted by molar-refractivity contribution is 8.08. The molecule has 0 aromatic carbocycles. The SMILES string of the molecule is CC/C=C(/C)C1(NC(C)C)SC1C. The van der Waals surface area contributed by atoms with Crippen LogP contribution in [0, 0.1) is 0 Å². The maximum atomic E-state index is 3.66. The van der Waals surface area contributed by atoms with Gasteiger partial charge in [0.2, 0.25) is 0 Å². The van der Waals surface area contributed by atoms with E-state index in [0.717, 1.165) is 11.7 Å². The van der Waals surface area contributed by atoms with Gasteiger partial charge in [0.1, 0.15) is 0 Å². The lowest BCUT2D eigenvalue weighted by Gasteiger charge is -2.20. The van der Waals surface area contributed by atoms with Crippen LogP contribution in [0.5, 0.6) is 0 Å². The molecule has 2 unspecified atom stereocenters. The molecule has 13 heavy (non-hydrogen) atoms. The van der Waals surface area contributed by atoms with E-state index < -0.39 is 0 Å². The molecule has 0 spiro atoms. The van der Waals surface area contributed by atoms with Gasteiger partial charge in [-0.25, -0.2) is 0 Å². The quantitative estimate of drug-likeness (QED) is 0.551. The average Bonchev–Trinajstić information content (AvgIpc) is 2.62. The summed E-state index contributed by atoms with van der Waals surface area (Å²) in [6.45, 7) is 11.2. The van der Waals surface area contributed by atoms with Crippen LogP contribution in [-0.4, -0.2) is 16.2 Å². The molecule has 0 bridgehead atoms. The van der Waals surface area contributed by atoms with E-state index in [4.69, 9.17) is 0 Å². The Kier molecular flexibility index (Phi) is 3.47. The van der Waals surface area contributed by atoms with E-state index in [1.54, 1.807) is 0 Å². The van der Waals surface area contributed by atoms with Crippen molar-refractivity contribution in [1.82, 2.24) is 5.32 Å². The summed E-state index contributed by atoms with van der Waals surface area (Å²) in [5.74, 6) is 0. The van der Waals surface area contributed by atoms with Gasteiger partial charge in [-0.05, 0) is 32.8 Å².